The molecule has 0 unspecified atom stereocenters. The Balaban J connectivity index is 1.33. The summed E-state index contributed by atoms with van der Waals surface area (Å²) in [7, 11) is 1.59. The number of carbonyl (C=O) groups excluding carboxylic acids is 1. The zero-order chi connectivity index (χ0) is 35.3. The lowest BCUT2D eigenvalue weighted by Crippen LogP contribution is -2.43. The smallest absolute Gasteiger partial charge is 0.417 e. The van der Waals surface area contributed by atoms with Gasteiger partial charge in [0.1, 0.15) is 47.6 Å². The van der Waals surface area contributed by atoms with Gasteiger partial charge in [-0.25, -0.2) is 18.0 Å². The van der Waals surface area contributed by atoms with Crippen molar-refractivity contribution in [3.63, 3.8) is 0 Å². The van der Waals surface area contributed by atoms with Gasteiger partial charge < -0.3 is 20.1 Å². The van der Waals surface area contributed by atoms with Crippen molar-refractivity contribution in [1.82, 2.24) is 19.8 Å². The number of likely N-dealkylation sites (N-methyl/N-ethyl adjacent to an activating group) is 1. The number of nitrogens with two attached hydrogens (primary N) is 1. The van der Waals surface area contributed by atoms with Crippen molar-refractivity contribution >= 4 is 49.2 Å². The van der Waals surface area contributed by atoms with Gasteiger partial charge >= 0.3 is 18.3 Å². The number of cyclic esters (lactones) is 1. The highest BCUT2D eigenvalue weighted by Gasteiger charge is 2.50. The molecule has 2 aromatic carbocycles. The van der Waals surface area contributed by atoms with Crippen LogP contribution in [0.25, 0.3) is 32.1 Å². The van der Waals surface area contributed by atoms with Crippen LogP contribution in [0.1, 0.15) is 36.8 Å². The largest absolute Gasteiger partial charge is 0.461 e. The number of alkyl halides is 4. The molecular formula is C33H29F6N7O3S. The number of fused-ring (bicyclic) bond motifs is 4. The number of rotatable bonds is 6. The normalized spacial score (nSPS) is 25.0. The monoisotopic (exact) mass is 717 g/mol. The van der Waals surface area contributed by atoms with Gasteiger partial charge in [-0.3, -0.25) is 9.80 Å². The minimum atomic E-state index is -5.12. The molecule has 10 nitrogen and oxygen atoms in total. The number of thiophene rings is 1. The first-order valence-corrected chi connectivity index (χ1v) is 16.8. The molecule has 4 aliphatic rings. The Labute approximate surface area is 285 Å². The fourth-order valence-corrected chi connectivity index (χ4v) is 9.09. The third-order valence-electron chi connectivity index (χ3n) is 10.5. The summed E-state index contributed by atoms with van der Waals surface area (Å²) in [5.41, 5.74) is 1.82. The number of nitrogens with zero attached hydrogens (tertiary/aromatic N) is 6. The molecule has 262 valence electrons. The van der Waals surface area contributed by atoms with Crippen molar-refractivity contribution < 1.29 is 40.6 Å². The van der Waals surface area contributed by atoms with Gasteiger partial charge in [0.05, 0.1) is 27.4 Å². The van der Waals surface area contributed by atoms with Crippen molar-refractivity contribution in [2.45, 2.75) is 55.7 Å². The van der Waals surface area contributed by atoms with Crippen LogP contribution in [0.15, 0.2) is 18.2 Å². The Morgan fingerprint density at radius 3 is 2.80 bits per heavy atom. The fourth-order valence-electron chi connectivity index (χ4n) is 8.15. The van der Waals surface area contributed by atoms with E-state index in [9.17, 15) is 32.0 Å². The van der Waals surface area contributed by atoms with Gasteiger partial charge in [-0.15, -0.1) is 11.3 Å². The summed E-state index contributed by atoms with van der Waals surface area (Å²) in [5, 5.41) is 9.16. The maximum absolute atomic E-state index is 17.1. The van der Waals surface area contributed by atoms with Crippen LogP contribution < -0.4 is 15.4 Å². The second-order valence-corrected chi connectivity index (χ2v) is 14.4. The van der Waals surface area contributed by atoms with Gasteiger partial charge in [-0.1, -0.05) is 6.07 Å². The molecule has 8 rings (SSSR count). The summed E-state index contributed by atoms with van der Waals surface area (Å²) in [4.78, 5) is 26.2. The quantitative estimate of drug-likeness (QED) is 0.231. The van der Waals surface area contributed by atoms with E-state index in [0.29, 0.717) is 30.7 Å². The molecule has 0 spiro atoms. The Hall–Kier alpha value is -4.56. The van der Waals surface area contributed by atoms with Crippen molar-refractivity contribution in [3.05, 3.63) is 41.0 Å². The van der Waals surface area contributed by atoms with Crippen LogP contribution in [0.3, 0.4) is 0 Å². The van der Waals surface area contributed by atoms with E-state index in [0.717, 1.165) is 24.6 Å². The average Bonchev–Trinajstić information content (AvgIpc) is 3.87. The highest BCUT2D eigenvalue weighted by Crippen LogP contribution is 2.48. The van der Waals surface area contributed by atoms with E-state index in [1.54, 1.807) is 11.9 Å². The number of halogens is 6. The standard InChI is InChI=1S/C33H29F6N7O3S/c1-44(16-7-17-13-48-31(47)46(17)12-16)29-19-8-21(33(37,38)39)24(18-3-4-22(35)27-23(18)20(10-40)28(41)50-27)25(36)26(19)42-30(43-29)49-14-32-5-2-6-45(32)11-15(34)9-32/h3-4,8,15-17H,2,5-7,9,11-14,41H2,1H3/t15-,16-,17+,32+/m1/s1. The first kappa shape index (κ1) is 32.6. The van der Waals surface area contributed by atoms with E-state index in [-0.39, 0.29) is 82.2 Å². The number of hydrogen-bond acceptors (Lipinski definition) is 10. The summed E-state index contributed by atoms with van der Waals surface area (Å²) in [6, 6.07) is 3.45. The number of carbonyl (C=O) groups is 1. The Kier molecular flexibility index (Phi) is 7.50. The molecule has 4 aromatic rings. The zero-order valence-corrected chi connectivity index (χ0v) is 27.3. The number of nitriles is 1. The predicted molar refractivity (Wildman–Crippen MR) is 172 cm³/mol. The fraction of sp³-hybridized carbons (Fsp3) is 0.455. The van der Waals surface area contributed by atoms with E-state index in [4.69, 9.17) is 15.2 Å². The third-order valence-corrected chi connectivity index (χ3v) is 11.6. The highest BCUT2D eigenvalue weighted by atomic mass is 32.1. The molecule has 2 N–H and O–H groups in total. The minimum Gasteiger partial charge on any atom is -0.461 e. The maximum Gasteiger partial charge on any atom is 0.417 e. The van der Waals surface area contributed by atoms with Gasteiger partial charge in [0.15, 0.2) is 5.82 Å². The molecule has 0 radical (unpaired) electrons. The number of amides is 1. The van der Waals surface area contributed by atoms with Crippen LogP contribution in [0.5, 0.6) is 6.01 Å². The van der Waals surface area contributed by atoms with Crippen LogP contribution >= 0.6 is 11.3 Å². The van der Waals surface area contributed by atoms with Gasteiger partial charge in [0.2, 0.25) is 0 Å². The summed E-state index contributed by atoms with van der Waals surface area (Å²) < 4.78 is 102. The third kappa shape index (κ3) is 4.97. The number of anilines is 2. The first-order chi connectivity index (χ1) is 23.8. The van der Waals surface area contributed by atoms with Crippen molar-refractivity contribution in [3.8, 4) is 23.2 Å². The average molecular weight is 718 g/mol. The minimum absolute atomic E-state index is 0.0272. The number of nitrogen functional groups attached to an aromatic ring is 1. The lowest BCUT2D eigenvalue weighted by atomic mass is 9.92. The summed E-state index contributed by atoms with van der Waals surface area (Å²) in [6.07, 6.45) is -4.56. The molecule has 2 aromatic heterocycles. The summed E-state index contributed by atoms with van der Waals surface area (Å²) in [5.74, 6) is -2.29. The molecule has 4 aliphatic heterocycles. The SMILES string of the molecule is CN(c1nc(OC[C@@]23CCCN2C[C@H](F)C3)nc2c(F)c(-c3ccc(F)c4sc(N)c(C#N)c34)c(C(F)(F)F)cc12)[C@@H]1C[C@H]2COC(=O)N2C1. The zero-order valence-electron chi connectivity index (χ0n) is 26.5. The van der Waals surface area contributed by atoms with E-state index in [2.05, 4.69) is 9.97 Å². The first-order valence-electron chi connectivity index (χ1n) is 16.0. The summed E-state index contributed by atoms with van der Waals surface area (Å²) >= 11 is 0.674. The Morgan fingerprint density at radius 1 is 1.26 bits per heavy atom. The molecule has 0 aliphatic carbocycles. The Morgan fingerprint density at radius 2 is 2.06 bits per heavy atom. The van der Waals surface area contributed by atoms with Crippen LogP contribution in [-0.2, 0) is 10.9 Å². The molecule has 6 heterocycles. The van der Waals surface area contributed by atoms with E-state index < -0.39 is 58.3 Å². The van der Waals surface area contributed by atoms with E-state index in [1.165, 1.54) is 4.90 Å². The van der Waals surface area contributed by atoms with Crippen LogP contribution in [0, 0.1) is 23.0 Å². The lowest BCUT2D eigenvalue weighted by Gasteiger charge is -2.31. The molecule has 4 atom stereocenters. The van der Waals surface area contributed by atoms with Crippen LogP contribution in [-0.4, -0.2) is 89.6 Å². The molecule has 50 heavy (non-hydrogen) atoms. The predicted octanol–water partition coefficient (Wildman–Crippen LogP) is 6.25. The number of hydrogen-bond donors (Lipinski definition) is 1. The van der Waals surface area contributed by atoms with Gasteiger partial charge in [-0.05, 0) is 43.5 Å². The number of aromatic nitrogens is 2. The van der Waals surface area contributed by atoms with Crippen molar-refractivity contribution in [2.24, 2.45) is 0 Å². The molecule has 4 saturated heterocycles. The Bertz CT molecular complexity index is 2120. The molecular weight excluding hydrogens is 688 g/mol. The maximum atomic E-state index is 17.1. The van der Waals surface area contributed by atoms with E-state index in [1.807, 2.05) is 11.0 Å². The van der Waals surface area contributed by atoms with Crippen LogP contribution in [0.4, 0.5) is 42.0 Å². The second kappa shape index (κ2) is 11.5. The number of ether oxygens (including phenoxy) is 2. The molecule has 17 heteroatoms. The van der Waals surface area contributed by atoms with Gasteiger partial charge in [0.25, 0.3) is 0 Å². The van der Waals surface area contributed by atoms with Crippen molar-refractivity contribution in [1.29, 1.82) is 5.26 Å². The second-order valence-electron chi connectivity index (χ2n) is 13.3. The molecule has 0 saturated carbocycles. The van der Waals surface area contributed by atoms with Gasteiger partial charge in [-0.2, -0.15) is 28.4 Å². The topological polar surface area (TPSA) is 121 Å². The molecule has 4 fully saturated rings. The molecule has 0 bridgehead atoms. The van der Waals surface area contributed by atoms with Crippen molar-refractivity contribution in [2.75, 3.05) is 50.5 Å². The number of benzene rings is 2. The lowest BCUT2D eigenvalue weighted by molar-refractivity contribution is -0.137. The van der Waals surface area contributed by atoms with E-state index >= 15 is 4.39 Å². The van der Waals surface area contributed by atoms with Crippen LogP contribution in [0.2, 0.25) is 0 Å². The molecule has 1 amide bonds. The summed E-state index contributed by atoms with van der Waals surface area (Å²) in [6.45, 7) is 1.26. The van der Waals surface area contributed by atoms with Gasteiger partial charge in [0, 0.05) is 48.9 Å². The highest BCUT2D eigenvalue weighted by molar-refractivity contribution is 7.23.